The van der Waals surface area contributed by atoms with Crippen molar-refractivity contribution in [3.63, 3.8) is 0 Å². The molecule has 0 spiro atoms. The van der Waals surface area contributed by atoms with Gasteiger partial charge in [0, 0.05) is 16.9 Å². The van der Waals surface area contributed by atoms with Gasteiger partial charge in [0.15, 0.2) is 0 Å². The normalized spacial score (nSPS) is 11.4. The van der Waals surface area contributed by atoms with E-state index in [0.717, 1.165) is 0 Å². The molecule has 2 aromatic heterocycles. The maximum atomic E-state index is 2.32. The molecule has 0 aliphatic rings. The minimum atomic E-state index is 0.579. The van der Waals surface area contributed by atoms with Crippen LogP contribution in [-0.2, 0) is 0 Å². The lowest BCUT2D eigenvalue weighted by atomic mass is 10.1. The van der Waals surface area contributed by atoms with E-state index in [1.165, 1.54) is 16.9 Å². The van der Waals surface area contributed by atoms with Crippen molar-refractivity contribution in [2.45, 2.75) is 26.7 Å². The summed E-state index contributed by atoms with van der Waals surface area (Å²) in [6, 6.07) is 10.8. The maximum absolute atomic E-state index is 2.32. The second kappa shape index (κ2) is 2.91. The molecule has 13 heavy (non-hydrogen) atoms. The Bertz CT molecular complexity index is 424. The number of rotatable bonds is 1. The topological polar surface area (TPSA) is 4.41 Å². The molecular formula is C12H15N. The van der Waals surface area contributed by atoms with Crippen molar-refractivity contribution < 1.29 is 0 Å². The number of aryl methyl sites for hydroxylation is 1. The van der Waals surface area contributed by atoms with Crippen molar-refractivity contribution in [1.29, 1.82) is 0 Å². The van der Waals surface area contributed by atoms with E-state index < -0.39 is 0 Å². The van der Waals surface area contributed by atoms with Gasteiger partial charge in [-0.1, -0.05) is 19.9 Å². The van der Waals surface area contributed by atoms with Crippen LogP contribution in [0, 0.1) is 6.92 Å². The second-order valence-corrected chi connectivity index (χ2v) is 3.84. The molecule has 1 nitrogen and oxygen atoms in total. The Morgan fingerprint density at radius 3 is 2.54 bits per heavy atom. The minimum Gasteiger partial charge on any atom is -0.318 e. The summed E-state index contributed by atoms with van der Waals surface area (Å²) in [5, 5.41) is 0. The van der Waals surface area contributed by atoms with E-state index in [2.05, 4.69) is 55.5 Å². The monoisotopic (exact) mass is 173 g/mol. The zero-order valence-corrected chi connectivity index (χ0v) is 8.41. The van der Waals surface area contributed by atoms with Crippen molar-refractivity contribution in [2.75, 3.05) is 0 Å². The highest BCUT2D eigenvalue weighted by atomic mass is 14.9. The third-order valence-corrected chi connectivity index (χ3v) is 2.49. The number of pyridine rings is 1. The van der Waals surface area contributed by atoms with Crippen LogP contribution in [0.25, 0.3) is 5.52 Å². The molecule has 0 bridgehead atoms. The predicted molar refractivity (Wildman–Crippen MR) is 56.2 cm³/mol. The Morgan fingerprint density at radius 2 is 1.85 bits per heavy atom. The average molecular weight is 173 g/mol. The molecular weight excluding hydrogens is 158 g/mol. The van der Waals surface area contributed by atoms with Gasteiger partial charge >= 0.3 is 0 Å². The van der Waals surface area contributed by atoms with Crippen LogP contribution in [0.1, 0.15) is 31.2 Å². The Balaban J connectivity index is 2.80. The molecule has 0 unspecified atom stereocenters. The highest BCUT2D eigenvalue weighted by molar-refractivity contribution is 5.51. The van der Waals surface area contributed by atoms with Gasteiger partial charge in [-0.25, -0.2) is 0 Å². The first-order valence-electron chi connectivity index (χ1n) is 4.77. The molecule has 0 fully saturated rings. The van der Waals surface area contributed by atoms with Crippen molar-refractivity contribution >= 4 is 5.52 Å². The van der Waals surface area contributed by atoms with Gasteiger partial charge in [0.05, 0.1) is 0 Å². The van der Waals surface area contributed by atoms with Crippen molar-refractivity contribution in [3.05, 3.63) is 41.7 Å². The molecule has 0 saturated carbocycles. The summed E-state index contributed by atoms with van der Waals surface area (Å²) in [5.74, 6) is 0.579. The summed E-state index contributed by atoms with van der Waals surface area (Å²) in [4.78, 5) is 0. The van der Waals surface area contributed by atoms with Crippen molar-refractivity contribution in [3.8, 4) is 0 Å². The standard InChI is InChI=1S/C12H15N/c1-9(2)12-6-4-5-11-8-7-10(3)13(11)12/h4-9H,1-3H3. The lowest BCUT2D eigenvalue weighted by Crippen LogP contribution is -1.99. The molecule has 0 amide bonds. The summed E-state index contributed by atoms with van der Waals surface area (Å²) in [7, 11) is 0. The van der Waals surface area contributed by atoms with E-state index in [1.807, 2.05) is 0 Å². The number of fused-ring (bicyclic) bond motifs is 1. The van der Waals surface area contributed by atoms with Crippen molar-refractivity contribution in [2.24, 2.45) is 0 Å². The van der Waals surface area contributed by atoms with Crippen LogP contribution in [0.3, 0.4) is 0 Å². The van der Waals surface area contributed by atoms with Crippen LogP contribution in [0.15, 0.2) is 30.3 Å². The molecule has 0 aromatic carbocycles. The van der Waals surface area contributed by atoms with E-state index >= 15 is 0 Å². The SMILES string of the molecule is Cc1ccc2cccc(C(C)C)n12. The molecule has 1 heteroatoms. The Hall–Kier alpha value is -1.24. The van der Waals surface area contributed by atoms with Gasteiger partial charge in [-0.15, -0.1) is 0 Å². The fourth-order valence-electron chi connectivity index (χ4n) is 1.81. The van der Waals surface area contributed by atoms with E-state index in [1.54, 1.807) is 0 Å². The van der Waals surface area contributed by atoms with Crippen molar-refractivity contribution in [1.82, 2.24) is 4.40 Å². The van der Waals surface area contributed by atoms with Gasteiger partial charge in [0.2, 0.25) is 0 Å². The summed E-state index contributed by atoms with van der Waals surface area (Å²) >= 11 is 0. The molecule has 0 atom stereocenters. The molecule has 68 valence electrons. The van der Waals surface area contributed by atoms with E-state index in [4.69, 9.17) is 0 Å². The highest BCUT2D eigenvalue weighted by Gasteiger charge is 2.05. The van der Waals surface area contributed by atoms with E-state index in [9.17, 15) is 0 Å². The first-order chi connectivity index (χ1) is 6.20. The first kappa shape index (κ1) is 8.36. The van der Waals surface area contributed by atoms with Crippen LogP contribution in [0.5, 0.6) is 0 Å². The number of hydrogen-bond donors (Lipinski definition) is 0. The zero-order valence-electron chi connectivity index (χ0n) is 8.41. The Morgan fingerprint density at radius 1 is 1.08 bits per heavy atom. The predicted octanol–water partition coefficient (Wildman–Crippen LogP) is 3.37. The quantitative estimate of drug-likeness (QED) is 0.622. The zero-order chi connectivity index (χ0) is 9.42. The summed E-state index contributed by atoms with van der Waals surface area (Å²) < 4.78 is 2.32. The fourth-order valence-corrected chi connectivity index (χ4v) is 1.81. The third-order valence-electron chi connectivity index (χ3n) is 2.49. The molecule has 2 rings (SSSR count). The van der Waals surface area contributed by atoms with Gasteiger partial charge in [-0.2, -0.15) is 0 Å². The summed E-state index contributed by atoms with van der Waals surface area (Å²) in [6.45, 7) is 6.61. The Kier molecular flexibility index (Phi) is 1.87. The maximum Gasteiger partial charge on any atom is 0.0455 e. The van der Waals surface area contributed by atoms with Gasteiger partial charge in [0.1, 0.15) is 0 Å². The van der Waals surface area contributed by atoms with Gasteiger partial charge < -0.3 is 4.40 Å². The Labute approximate surface area is 79.0 Å². The second-order valence-electron chi connectivity index (χ2n) is 3.84. The first-order valence-corrected chi connectivity index (χ1v) is 4.77. The molecule has 2 heterocycles. The number of nitrogens with zero attached hydrogens (tertiary/aromatic N) is 1. The largest absolute Gasteiger partial charge is 0.318 e. The van der Waals surface area contributed by atoms with Crippen LogP contribution in [0.2, 0.25) is 0 Å². The summed E-state index contributed by atoms with van der Waals surface area (Å²) in [6.07, 6.45) is 0. The molecule has 0 radical (unpaired) electrons. The van der Waals surface area contributed by atoms with Gasteiger partial charge in [-0.05, 0) is 37.1 Å². The average Bonchev–Trinajstić information content (AvgIpc) is 2.48. The molecule has 0 N–H and O–H groups in total. The summed E-state index contributed by atoms with van der Waals surface area (Å²) in [5.41, 5.74) is 4.00. The minimum absolute atomic E-state index is 0.579. The van der Waals surface area contributed by atoms with Gasteiger partial charge in [0.25, 0.3) is 0 Å². The molecule has 0 saturated heterocycles. The number of hydrogen-bond acceptors (Lipinski definition) is 0. The smallest absolute Gasteiger partial charge is 0.0455 e. The number of aromatic nitrogens is 1. The molecule has 0 aliphatic carbocycles. The fraction of sp³-hybridized carbons (Fsp3) is 0.333. The third kappa shape index (κ3) is 1.24. The lowest BCUT2D eigenvalue weighted by Gasteiger charge is -2.10. The molecule has 2 aromatic rings. The van der Waals surface area contributed by atoms with Gasteiger partial charge in [-0.3, -0.25) is 0 Å². The lowest BCUT2D eigenvalue weighted by molar-refractivity contribution is 0.794. The van der Waals surface area contributed by atoms with Crippen LogP contribution < -0.4 is 0 Å². The van der Waals surface area contributed by atoms with Crippen LogP contribution >= 0.6 is 0 Å². The molecule has 0 aliphatic heterocycles. The highest BCUT2D eigenvalue weighted by Crippen LogP contribution is 2.19. The van der Waals surface area contributed by atoms with Crippen LogP contribution in [0.4, 0.5) is 0 Å². The van der Waals surface area contributed by atoms with E-state index in [-0.39, 0.29) is 0 Å². The van der Waals surface area contributed by atoms with E-state index in [0.29, 0.717) is 5.92 Å². The van der Waals surface area contributed by atoms with Crippen LogP contribution in [-0.4, -0.2) is 4.40 Å².